The van der Waals surface area contributed by atoms with Crippen molar-refractivity contribution in [3.63, 3.8) is 0 Å². The molecule has 10 heteroatoms. The summed E-state index contributed by atoms with van der Waals surface area (Å²) in [6.07, 6.45) is -4.74. The van der Waals surface area contributed by atoms with Crippen LogP contribution in [0, 0.1) is 0 Å². The number of halogens is 6. The van der Waals surface area contributed by atoms with E-state index in [-0.39, 0.29) is 12.2 Å². The van der Waals surface area contributed by atoms with Crippen molar-refractivity contribution in [1.29, 1.82) is 0 Å². The Morgan fingerprint density at radius 3 is 2.44 bits per heavy atom. The Labute approximate surface area is 182 Å². The van der Waals surface area contributed by atoms with Gasteiger partial charge < -0.3 is 9.47 Å². The van der Waals surface area contributed by atoms with Gasteiger partial charge in [-0.2, -0.15) is 8.78 Å². The molecule has 0 aromatic heterocycles. The first-order chi connectivity index (χ1) is 15.2. The molecule has 0 saturated heterocycles. The van der Waals surface area contributed by atoms with Crippen molar-refractivity contribution in [3.8, 4) is 11.5 Å². The van der Waals surface area contributed by atoms with E-state index < -0.39 is 26.1 Å². The van der Waals surface area contributed by atoms with Crippen LogP contribution < -0.4 is 9.47 Å². The van der Waals surface area contributed by atoms with E-state index in [2.05, 4.69) is 9.47 Å². The van der Waals surface area contributed by atoms with Gasteiger partial charge >= 0.3 is 13.0 Å². The summed E-state index contributed by atoms with van der Waals surface area (Å²) in [5.41, 5.74) is 1.29. The zero-order chi connectivity index (χ0) is 23.6. The molecule has 0 unspecified atom stereocenters. The first-order valence-corrected chi connectivity index (χ1v) is 9.93. The fraction of sp³-hybridized carbons (Fsp3) is 0.455. The Balaban J connectivity index is 2.03. The molecule has 1 atom stereocenters. The summed E-state index contributed by atoms with van der Waals surface area (Å²) in [5, 5.41) is 0. The van der Waals surface area contributed by atoms with Gasteiger partial charge in [-0.05, 0) is 55.6 Å². The summed E-state index contributed by atoms with van der Waals surface area (Å²) < 4.78 is 89.5. The lowest BCUT2D eigenvalue weighted by atomic mass is 10.0. The molecule has 0 heterocycles. The SMILES string of the molecule is CN(CF)CCC[C@@H](Oc1ccccc1CCc1cccc(OC(F)(F)F)c1)OC(F)F. The zero-order valence-electron chi connectivity index (χ0n) is 17.5. The van der Waals surface area contributed by atoms with Crippen LogP contribution >= 0.6 is 0 Å². The number of benzene rings is 2. The van der Waals surface area contributed by atoms with E-state index in [0.29, 0.717) is 42.7 Å². The number of para-hydroxylation sites is 1. The van der Waals surface area contributed by atoms with Crippen molar-refractivity contribution in [2.45, 2.75) is 44.9 Å². The maximum Gasteiger partial charge on any atom is 0.573 e. The molecule has 0 spiro atoms. The van der Waals surface area contributed by atoms with E-state index in [0.717, 1.165) is 0 Å². The number of hydrogen-bond donors (Lipinski definition) is 0. The van der Waals surface area contributed by atoms with Gasteiger partial charge in [0, 0.05) is 13.0 Å². The molecule has 0 fully saturated rings. The summed E-state index contributed by atoms with van der Waals surface area (Å²) in [4.78, 5) is 1.39. The average Bonchev–Trinajstić information content (AvgIpc) is 2.71. The minimum Gasteiger partial charge on any atom is -0.464 e. The van der Waals surface area contributed by atoms with Crippen molar-refractivity contribution < 1.29 is 40.6 Å². The molecule has 0 N–H and O–H groups in total. The van der Waals surface area contributed by atoms with E-state index in [9.17, 15) is 26.3 Å². The topological polar surface area (TPSA) is 30.9 Å². The van der Waals surface area contributed by atoms with Crippen molar-refractivity contribution >= 4 is 0 Å². The normalized spacial score (nSPS) is 12.9. The van der Waals surface area contributed by atoms with Gasteiger partial charge in [0.2, 0.25) is 6.29 Å². The third kappa shape index (κ3) is 9.78. The molecule has 0 aliphatic rings. The van der Waals surface area contributed by atoms with Crippen LogP contribution in [0.4, 0.5) is 26.3 Å². The van der Waals surface area contributed by atoms with E-state index >= 15 is 0 Å². The molecule has 0 amide bonds. The minimum atomic E-state index is -4.78. The molecule has 2 rings (SSSR count). The molecular weight excluding hydrogens is 440 g/mol. The molecule has 0 saturated carbocycles. The van der Waals surface area contributed by atoms with Gasteiger partial charge in [0.25, 0.3) is 0 Å². The fourth-order valence-electron chi connectivity index (χ4n) is 3.00. The number of aryl methyl sites for hydroxylation is 2. The Morgan fingerprint density at radius 1 is 1.00 bits per heavy atom. The predicted octanol–water partition coefficient (Wildman–Crippen LogP) is 5.95. The Bertz CT molecular complexity index is 818. The highest BCUT2D eigenvalue weighted by atomic mass is 19.4. The number of rotatable bonds is 13. The maximum absolute atomic E-state index is 12.8. The molecule has 0 radical (unpaired) electrons. The lowest BCUT2D eigenvalue weighted by molar-refractivity contribution is -0.274. The summed E-state index contributed by atoms with van der Waals surface area (Å²) >= 11 is 0. The molecule has 0 aliphatic carbocycles. The highest BCUT2D eigenvalue weighted by Gasteiger charge is 2.31. The monoisotopic (exact) mass is 465 g/mol. The summed E-state index contributed by atoms with van der Waals surface area (Å²) in [5.74, 6) is 0.0165. The van der Waals surface area contributed by atoms with Crippen LogP contribution in [0.15, 0.2) is 48.5 Å². The number of alkyl halides is 6. The van der Waals surface area contributed by atoms with Crippen LogP contribution in [0.2, 0.25) is 0 Å². The maximum atomic E-state index is 12.8. The van der Waals surface area contributed by atoms with Gasteiger partial charge in [0.05, 0.1) is 0 Å². The van der Waals surface area contributed by atoms with Crippen LogP contribution in [-0.4, -0.2) is 44.6 Å². The van der Waals surface area contributed by atoms with Gasteiger partial charge in [-0.1, -0.05) is 30.3 Å². The summed E-state index contributed by atoms with van der Waals surface area (Å²) in [6, 6.07) is 12.4. The number of ether oxygens (including phenoxy) is 3. The second-order valence-corrected chi connectivity index (χ2v) is 7.09. The highest BCUT2D eigenvalue weighted by molar-refractivity contribution is 5.35. The predicted molar refractivity (Wildman–Crippen MR) is 106 cm³/mol. The lowest BCUT2D eigenvalue weighted by Gasteiger charge is -2.22. The summed E-state index contributed by atoms with van der Waals surface area (Å²) in [6.45, 7) is -3.34. The smallest absolute Gasteiger partial charge is 0.464 e. The zero-order valence-corrected chi connectivity index (χ0v) is 17.5. The Morgan fingerprint density at radius 2 is 1.75 bits per heavy atom. The van der Waals surface area contributed by atoms with E-state index in [4.69, 9.17) is 4.74 Å². The molecule has 2 aromatic carbocycles. The van der Waals surface area contributed by atoms with Gasteiger partial charge in [-0.15, -0.1) is 13.2 Å². The van der Waals surface area contributed by atoms with Crippen molar-refractivity contribution in [2.75, 3.05) is 20.4 Å². The standard InChI is InChI=1S/C22H25F6NO3/c1-29(15-23)13-5-10-20(31-21(24)25)30-19-9-3-2-7-17(19)12-11-16-6-4-8-18(14-16)32-22(26,27)28/h2-4,6-9,14,20-21H,5,10-13,15H2,1H3/t20-/m0/s1. The van der Waals surface area contributed by atoms with Crippen LogP contribution in [0.1, 0.15) is 24.0 Å². The van der Waals surface area contributed by atoms with Crippen LogP contribution in [-0.2, 0) is 17.6 Å². The van der Waals surface area contributed by atoms with Crippen molar-refractivity contribution in [2.24, 2.45) is 0 Å². The second-order valence-electron chi connectivity index (χ2n) is 7.09. The van der Waals surface area contributed by atoms with E-state index in [1.54, 1.807) is 37.4 Å². The highest BCUT2D eigenvalue weighted by Crippen LogP contribution is 2.26. The van der Waals surface area contributed by atoms with E-state index in [1.165, 1.54) is 23.1 Å². The molecule has 178 valence electrons. The number of hydrogen-bond acceptors (Lipinski definition) is 4. The van der Waals surface area contributed by atoms with Gasteiger partial charge in [-0.25, -0.2) is 4.39 Å². The first kappa shape index (κ1) is 25.8. The second kappa shape index (κ2) is 12.5. The van der Waals surface area contributed by atoms with Gasteiger partial charge in [-0.3, -0.25) is 9.64 Å². The van der Waals surface area contributed by atoms with Crippen molar-refractivity contribution in [1.82, 2.24) is 4.90 Å². The van der Waals surface area contributed by atoms with Gasteiger partial charge in [0.15, 0.2) is 0 Å². The molecular formula is C22H25F6NO3. The van der Waals surface area contributed by atoms with Crippen LogP contribution in [0.25, 0.3) is 0 Å². The Hall–Kier alpha value is -2.46. The quantitative estimate of drug-likeness (QED) is 0.208. The lowest BCUT2D eigenvalue weighted by Crippen LogP contribution is -2.26. The fourth-order valence-corrected chi connectivity index (χ4v) is 3.00. The molecule has 2 aromatic rings. The summed E-state index contributed by atoms with van der Waals surface area (Å²) in [7, 11) is 1.56. The minimum absolute atomic E-state index is 0.125. The third-order valence-electron chi connectivity index (χ3n) is 4.48. The molecule has 0 aliphatic heterocycles. The van der Waals surface area contributed by atoms with Gasteiger partial charge in [0.1, 0.15) is 18.3 Å². The van der Waals surface area contributed by atoms with Crippen molar-refractivity contribution in [3.05, 3.63) is 59.7 Å². The molecule has 0 bridgehead atoms. The average molecular weight is 465 g/mol. The molecule has 4 nitrogen and oxygen atoms in total. The van der Waals surface area contributed by atoms with E-state index in [1.807, 2.05) is 0 Å². The first-order valence-electron chi connectivity index (χ1n) is 9.93. The Kier molecular flexibility index (Phi) is 10.1. The third-order valence-corrected chi connectivity index (χ3v) is 4.48. The van der Waals surface area contributed by atoms with Crippen LogP contribution in [0.5, 0.6) is 11.5 Å². The largest absolute Gasteiger partial charge is 0.573 e. The molecule has 32 heavy (non-hydrogen) atoms. The number of nitrogens with zero attached hydrogens (tertiary/aromatic N) is 1. The van der Waals surface area contributed by atoms with Crippen LogP contribution in [0.3, 0.4) is 0 Å².